The fraction of sp³-hybridized carbons (Fsp3) is 0.0526. The predicted octanol–water partition coefficient (Wildman–Crippen LogP) is 4.87. The number of rotatable bonds is 5. The summed E-state index contributed by atoms with van der Waals surface area (Å²) in [5, 5.41) is 4.02. The molecule has 0 saturated heterocycles. The standard InChI is InChI=1S/C19H14BrN3O2/c20-15-5-9-17(10-6-15)24-13-18-21-19(22-25-18)14-3-7-16(8-4-14)23-11-1-2-12-23/h1-12H,13H2. The third kappa shape index (κ3) is 3.64. The minimum atomic E-state index is 0.232. The zero-order valence-electron chi connectivity index (χ0n) is 13.2. The van der Waals surface area contributed by atoms with Crippen molar-refractivity contribution in [1.82, 2.24) is 14.7 Å². The molecule has 0 N–H and O–H groups in total. The molecule has 0 aliphatic rings. The van der Waals surface area contributed by atoms with Crippen LogP contribution in [-0.2, 0) is 6.61 Å². The maximum Gasteiger partial charge on any atom is 0.264 e. The number of nitrogens with zero attached hydrogens (tertiary/aromatic N) is 3. The molecule has 124 valence electrons. The van der Waals surface area contributed by atoms with Crippen LogP contribution in [0.25, 0.3) is 17.1 Å². The molecule has 2 aromatic carbocycles. The molecule has 5 nitrogen and oxygen atoms in total. The van der Waals surface area contributed by atoms with E-state index in [1.54, 1.807) is 0 Å². The lowest BCUT2D eigenvalue weighted by molar-refractivity contribution is 0.243. The number of benzene rings is 2. The zero-order valence-corrected chi connectivity index (χ0v) is 14.8. The molecule has 25 heavy (non-hydrogen) atoms. The van der Waals surface area contributed by atoms with Gasteiger partial charge in [0.15, 0.2) is 6.61 Å². The average Bonchev–Trinajstić information content (AvgIpc) is 3.34. The van der Waals surface area contributed by atoms with Crippen LogP contribution < -0.4 is 4.74 Å². The summed E-state index contributed by atoms with van der Waals surface area (Å²) >= 11 is 3.39. The predicted molar refractivity (Wildman–Crippen MR) is 97.5 cm³/mol. The highest BCUT2D eigenvalue weighted by atomic mass is 79.9. The molecule has 6 heteroatoms. The largest absolute Gasteiger partial charge is 0.484 e. The molecular weight excluding hydrogens is 382 g/mol. The van der Waals surface area contributed by atoms with Crippen LogP contribution in [0.1, 0.15) is 5.89 Å². The first-order valence-electron chi connectivity index (χ1n) is 7.73. The summed E-state index contributed by atoms with van der Waals surface area (Å²) in [6.45, 7) is 0.232. The third-order valence-corrected chi connectivity index (χ3v) is 4.20. The second-order valence-corrected chi connectivity index (χ2v) is 6.31. The van der Waals surface area contributed by atoms with Crippen LogP contribution >= 0.6 is 15.9 Å². The van der Waals surface area contributed by atoms with E-state index in [1.165, 1.54) is 0 Å². The maximum absolute atomic E-state index is 5.64. The molecule has 2 heterocycles. The van der Waals surface area contributed by atoms with Crippen molar-refractivity contribution in [3.8, 4) is 22.8 Å². The van der Waals surface area contributed by atoms with Gasteiger partial charge in [0.25, 0.3) is 5.89 Å². The van der Waals surface area contributed by atoms with Crippen LogP contribution in [0.5, 0.6) is 5.75 Å². The van der Waals surface area contributed by atoms with Crippen molar-refractivity contribution < 1.29 is 9.26 Å². The van der Waals surface area contributed by atoms with E-state index in [9.17, 15) is 0 Å². The van der Waals surface area contributed by atoms with Gasteiger partial charge >= 0.3 is 0 Å². The summed E-state index contributed by atoms with van der Waals surface area (Å²) in [4.78, 5) is 4.39. The summed E-state index contributed by atoms with van der Waals surface area (Å²) in [5.74, 6) is 1.74. The summed E-state index contributed by atoms with van der Waals surface area (Å²) in [5.41, 5.74) is 1.98. The first-order valence-corrected chi connectivity index (χ1v) is 8.52. The van der Waals surface area contributed by atoms with Gasteiger partial charge in [-0.1, -0.05) is 21.1 Å². The molecule has 0 radical (unpaired) electrons. The highest BCUT2D eigenvalue weighted by Crippen LogP contribution is 2.20. The van der Waals surface area contributed by atoms with E-state index in [2.05, 4.69) is 26.1 Å². The van der Waals surface area contributed by atoms with Crippen molar-refractivity contribution in [3.63, 3.8) is 0 Å². The minimum Gasteiger partial charge on any atom is -0.484 e. The Bertz CT molecular complexity index is 945. The van der Waals surface area contributed by atoms with Crippen molar-refractivity contribution >= 4 is 15.9 Å². The molecule has 0 saturated carbocycles. The molecule has 4 rings (SSSR count). The minimum absolute atomic E-state index is 0.232. The number of aromatic nitrogens is 3. The van der Waals surface area contributed by atoms with Crippen molar-refractivity contribution in [3.05, 3.63) is 83.4 Å². The molecule has 0 amide bonds. The van der Waals surface area contributed by atoms with Crippen LogP contribution in [0, 0.1) is 0 Å². The summed E-state index contributed by atoms with van der Waals surface area (Å²) in [7, 11) is 0. The Morgan fingerprint density at radius 1 is 0.960 bits per heavy atom. The Balaban J connectivity index is 1.44. The van der Waals surface area contributed by atoms with Gasteiger partial charge in [-0.05, 0) is 60.7 Å². The van der Waals surface area contributed by atoms with Crippen LogP contribution in [-0.4, -0.2) is 14.7 Å². The lowest BCUT2D eigenvalue weighted by atomic mass is 10.2. The Labute approximate surface area is 153 Å². The smallest absolute Gasteiger partial charge is 0.264 e. The Morgan fingerprint density at radius 3 is 2.40 bits per heavy atom. The van der Waals surface area contributed by atoms with Crippen LogP contribution in [0.3, 0.4) is 0 Å². The lowest BCUT2D eigenvalue weighted by Gasteiger charge is -2.03. The van der Waals surface area contributed by atoms with Crippen molar-refractivity contribution in [2.24, 2.45) is 0 Å². The second kappa shape index (κ2) is 6.94. The SMILES string of the molecule is Brc1ccc(OCc2nc(-c3ccc(-n4cccc4)cc3)no2)cc1. The maximum atomic E-state index is 5.64. The van der Waals surface area contributed by atoms with Gasteiger partial charge in [-0.25, -0.2) is 0 Å². The van der Waals surface area contributed by atoms with E-state index in [0.717, 1.165) is 21.5 Å². The number of halogens is 1. The fourth-order valence-corrected chi connectivity index (χ4v) is 2.66. The molecule has 0 fully saturated rings. The van der Waals surface area contributed by atoms with E-state index in [0.29, 0.717) is 11.7 Å². The van der Waals surface area contributed by atoms with E-state index in [-0.39, 0.29) is 6.61 Å². The Kier molecular flexibility index (Phi) is 4.35. The number of hydrogen-bond donors (Lipinski definition) is 0. The van der Waals surface area contributed by atoms with Gasteiger partial charge in [-0.2, -0.15) is 4.98 Å². The van der Waals surface area contributed by atoms with E-state index >= 15 is 0 Å². The van der Waals surface area contributed by atoms with E-state index in [1.807, 2.05) is 77.6 Å². The molecule has 0 aliphatic heterocycles. The monoisotopic (exact) mass is 395 g/mol. The number of hydrogen-bond acceptors (Lipinski definition) is 4. The fourth-order valence-electron chi connectivity index (χ4n) is 2.40. The average molecular weight is 396 g/mol. The van der Waals surface area contributed by atoms with Gasteiger partial charge in [0, 0.05) is 28.1 Å². The molecule has 4 aromatic rings. The van der Waals surface area contributed by atoms with Gasteiger partial charge in [0.05, 0.1) is 0 Å². The summed E-state index contributed by atoms with van der Waals surface area (Å²) in [6, 6.07) is 19.5. The summed E-state index contributed by atoms with van der Waals surface area (Å²) in [6.07, 6.45) is 4.00. The third-order valence-electron chi connectivity index (χ3n) is 3.67. The molecule has 0 aliphatic carbocycles. The topological polar surface area (TPSA) is 53.1 Å². The van der Waals surface area contributed by atoms with Gasteiger partial charge in [0.1, 0.15) is 5.75 Å². The van der Waals surface area contributed by atoms with Gasteiger partial charge in [-0.3, -0.25) is 0 Å². The van der Waals surface area contributed by atoms with E-state index in [4.69, 9.17) is 9.26 Å². The van der Waals surface area contributed by atoms with Gasteiger partial charge < -0.3 is 13.8 Å². The van der Waals surface area contributed by atoms with Crippen LogP contribution in [0.15, 0.2) is 82.1 Å². The highest BCUT2D eigenvalue weighted by Gasteiger charge is 2.09. The number of ether oxygens (including phenoxy) is 1. The van der Waals surface area contributed by atoms with Crippen molar-refractivity contribution in [2.45, 2.75) is 6.61 Å². The lowest BCUT2D eigenvalue weighted by Crippen LogP contribution is -1.95. The molecule has 0 bridgehead atoms. The van der Waals surface area contributed by atoms with Crippen molar-refractivity contribution in [1.29, 1.82) is 0 Å². The van der Waals surface area contributed by atoms with Crippen LogP contribution in [0.4, 0.5) is 0 Å². The second-order valence-electron chi connectivity index (χ2n) is 5.39. The molecule has 2 aromatic heterocycles. The van der Waals surface area contributed by atoms with Crippen LogP contribution in [0.2, 0.25) is 0 Å². The highest BCUT2D eigenvalue weighted by molar-refractivity contribution is 9.10. The quantitative estimate of drug-likeness (QED) is 0.483. The zero-order chi connectivity index (χ0) is 17.1. The molecule has 0 spiro atoms. The molecular formula is C19H14BrN3O2. The summed E-state index contributed by atoms with van der Waals surface area (Å²) < 4.78 is 14.0. The van der Waals surface area contributed by atoms with Gasteiger partial charge in [-0.15, -0.1) is 0 Å². The van der Waals surface area contributed by atoms with E-state index < -0.39 is 0 Å². The Hall–Kier alpha value is -2.86. The van der Waals surface area contributed by atoms with Crippen molar-refractivity contribution in [2.75, 3.05) is 0 Å². The first-order chi connectivity index (χ1) is 12.3. The normalized spacial score (nSPS) is 10.8. The molecule has 0 unspecified atom stereocenters. The Morgan fingerprint density at radius 2 is 1.68 bits per heavy atom. The first kappa shape index (κ1) is 15.7. The van der Waals surface area contributed by atoms with Gasteiger partial charge in [0.2, 0.25) is 5.82 Å². The molecule has 0 atom stereocenters.